The van der Waals surface area contributed by atoms with E-state index in [0.717, 1.165) is 16.1 Å². The van der Waals surface area contributed by atoms with Gasteiger partial charge in [0.05, 0.1) is 12.8 Å². The summed E-state index contributed by atoms with van der Waals surface area (Å²) in [7, 11) is 3.48. The molecular weight excluding hydrogens is 286 g/mol. The van der Waals surface area contributed by atoms with E-state index < -0.39 is 6.09 Å². The summed E-state index contributed by atoms with van der Waals surface area (Å²) < 4.78 is 4.95. The van der Waals surface area contributed by atoms with Crippen molar-refractivity contribution in [1.82, 2.24) is 9.91 Å². The molecule has 0 aliphatic rings. The molecule has 0 saturated heterocycles. The molecular formula is C15H19N3O2S. The third-order valence-corrected chi connectivity index (χ3v) is 3.04. The van der Waals surface area contributed by atoms with Crippen molar-refractivity contribution in [3.8, 4) is 0 Å². The zero-order valence-corrected chi connectivity index (χ0v) is 13.3. The number of amides is 1. The van der Waals surface area contributed by atoms with E-state index in [1.807, 2.05) is 24.3 Å². The van der Waals surface area contributed by atoms with Gasteiger partial charge in [0.15, 0.2) is 0 Å². The standard InChI is InChI=1S/C15H19N3O2S/c1-5-12-7-9-13(10-8-12)11-16-18(14(21)17(3)4)15(19)20-6-2/h5,7-11H,1,6H2,2-4H3. The van der Waals surface area contributed by atoms with Crippen LogP contribution in [0.5, 0.6) is 0 Å². The van der Waals surface area contributed by atoms with Crippen molar-refractivity contribution in [2.24, 2.45) is 5.10 Å². The molecule has 0 saturated carbocycles. The van der Waals surface area contributed by atoms with Crippen LogP contribution < -0.4 is 0 Å². The second-order valence-corrected chi connectivity index (χ2v) is 4.67. The van der Waals surface area contributed by atoms with Crippen LogP contribution in [0.4, 0.5) is 4.79 Å². The average molecular weight is 305 g/mol. The molecule has 1 aromatic carbocycles. The summed E-state index contributed by atoms with van der Waals surface area (Å²) in [5.41, 5.74) is 1.86. The number of benzene rings is 1. The smallest absolute Gasteiger partial charge is 0.437 e. The van der Waals surface area contributed by atoms with Crippen molar-refractivity contribution in [3.63, 3.8) is 0 Å². The molecule has 0 spiro atoms. The van der Waals surface area contributed by atoms with Gasteiger partial charge in [-0.1, -0.05) is 36.9 Å². The highest BCUT2D eigenvalue weighted by atomic mass is 32.1. The maximum absolute atomic E-state index is 11.9. The predicted molar refractivity (Wildman–Crippen MR) is 89.3 cm³/mol. The molecule has 0 aliphatic heterocycles. The van der Waals surface area contributed by atoms with E-state index in [4.69, 9.17) is 17.0 Å². The molecule has 0 bridgehead atoms. The van der Waals surface area contributed by atoms with Gasteiger partial charge < -0.3 is 9.64 Å². The number of hydrazone groups is 1. The molecule has 0 N–H and O–H groups in total. The van der Waals surface area contributed by atoms with Gasteiger partial charge in [0.25, 0.3) is 0 Å². The van der Waals surface area contributed by atoms with Crippen molar-refractivity contribution in [2.75, 3.05) is 20.7 Å². The number of nitrogens with zero attached hydrogens (tertiary/aromatic N) is 3. The highest BCUT2D eigenvalue weighted by molar-refractivity contribution is 7.80. The minimum atomic E-state index is -0.602. The molecule has 1 amide bonds. The summed E-state index contributed by atoms with van der Waals surface area (Å²) in [5.74, 6) is 0. The zero-order valence-electron chi connectivity index (χ0n) is 12.4. The maximum Gasteiger partial charge on any atom is 0.437 e. The van der Waals surface area contributed by atoms with E-state index in [2.05, 4.69) is 11.7 Å². The Morgan fingerprint density at radius 1 is 1.33 bits per heavy atom. The molecule has 0 aromatic heterocycles. The Morgan fingerprint density at radius 2 is 1.90 bits per heavy atom. The zero-order chi connectivity index (χ0) is 15.8. The van der Waals surface area contributed by atoms with Gasteiger partial charge in [-0.25, -0.2) is 4.79 Å². The van der Waals surface area contributed by atoms with Crippen molar-refractivity contribution < 1.29 is 9.53 Å². The maximum atomic E-state index is 11.9. The number of hydrogen-bond acceptors (Lipinski definition) is 4. The van der Waals surface area contributed by atoms with Crippen LogP contribution in [0, 0.1) is 0 Å². The Bertz CT molecular complexity index is 538. The first-order chi connectivity index (χ1) is 9.99. The molecule has 0 radical (unpaired) electrons. The van der Waals surface area contributed by atoms with Gasteiger partial charge in [-0.15, -0.1) is 5.01 Å². The Morgan fingerprint density at radius 3 is 2.38 bits per heavy atom. The number of carbonyl (C=O) groups excluding carboxylic acids is 1. The minimum Gasteiger partial charge on any atom is -0.448 e. The number of carbonyl (C=O) groups is 1. The summed E-state index contributed by atoms with van der Waals surface area (Å²) in [6.07, 6.45) is 2.71. The molecule has 5 nitrogen and oxygen atoms in total. The first kappa shape index (κ1) is 16.8. The number of ether oxygens (including phenoxy) is 1. The minimum absolute atomic E-state index is 0.257. The SMILES string of the molecule is C=Cc1ccc(C=NN(C(=O)OCC)C(=S)N(C)C)cc1. The Balaban J connectivity index is 2.93. The number of hydrogen-bond donors (Lipinski definition) is 0. The van der Waals surface area contributed by atoms with Crippen LogP contribution in [-0.2, 0) is 4.74 Å². The predicted octanol–water partition coefficient (Wildman–Crippen LogP) is 2.97. The van der Waals surface area contributed by atoms with Crippen LogP contribution in [0.25, 0.3) is 6.08 Å². The Kier molecular flexibility index (Phi) is 6.55. The van der Waals surface area contributed by atoms with E-state index in [0.29, 0.717) is 0 Å². The van der Waals surface area contributed by atoms with Gasteiger partial charge in [-0.3, -0.25) is 0 Å². The van der Waals surface area contributed by atoms with Gasteiger partial charge in [-0.2, -0.15) is 5.10 Å². The van der Waals surface area contributed by atoms with Crippen LogP contribution in [0.3, 0.4) is 0 Å². The normalized spacial score (nSPS) is 10.2. The summed E-state index contributed by atoms with van der Waals surface area (Å²) in [6, 6.07) is 7.58. The molecule has 112 valence electrons. The fraction of sp³-hybridized carbons (Fsp3) is 0.267. The topological polar surface area (TPSA) is 45.1 Å². The van der Waals surface area contributed by atoms with Crippen LogP contribution in [-0.4, -0.2) is 48.0 Å². The lowest BCUT2D eigenvalue weighted by Gasteiger charge is -2.21. The molecule has 1 aromatic rings. The van der Waals surface area contributed by atoms with Crippen LogP contribution >= 0.6 is 12.2 Å². The highest BCUT2D eigenvalue weighted by Crippen LogP contribution is 2.05. The van der Waals surface area contributed by atoms with E-state index >= 15 is 0 Å². The van der Waals surface area contributed by atoms with E-state index in [9.17, 15) is 4.79 Å². The second-order valence-electron chi connectivity index (χ2n) is 4.30. The molecule has 21 heavy (non-hydrogen) atoms. The molecule has 6 heteroatoms. The van der Waals surface area contributed by atoms with Crippen molar-refractivity contribution in [1.29, 1.82) is 0 Å². The number of thiocarbonyl (C=S) groups is 1. The lowest BCUT2D eigenvalue weighted by molar-refractivity contribution is 0.127. The van der Waals surface area contributed by atoms with Crippen molar-refractivity contribution in [2.45, 2.75) is 6.92 Å². The molecule has 0 heterocycles. The molecule has 0 unspecified atom stereocenters. The summed E-state index contributed by atoms with van der Waals surface area (Å²) in [6.45, 7) is 5.68. The van der Waals surface area contributed by atoms with Crippen LogP contribution in [0.15, 0.2) is 35.9 Å². The van der Waals surface area contributed by atoms with E-state index in [-0.39, 0.29) is 11.7 Å². The number of rotatable bonds is 4. The summed E-state index contributed by atoms with van der Waals surface area (Å²) >= 11 is 5.17. The van der Waals surface area contributed by atoms with Crippen LogP contribution in [0.1, 0.15) is 18.1 Å². The molecule has 0 aliphatic carbocycles. The molecule has 0 atom stereocenters. The van der Waals surface area contributed by atoms with Crippen molar-refractivity contribution in [3.05, 3.63) is 42.0 Å². The largest absolute Gasteiger partial charge is 0.448 e. The fourth-order valence-corrected chi connectivity index (χ4v) is 1.51. The fourth-order valence-electron chi connectivity index (χ4n) is 1.39. The highest BCUT2D eigenvalue weighted by Gasteiger charge is 2.19. The average Bonchev–Trinajstić information content (AvgIpc) is 2.48. The van der Waals surface area contributed by atoms with Gasteiger partial charge in [0, 0.05) is 14.1 Å². The van der Waals surface area contributed by atoms with E-state index in [1.54, 1.807) is 38.2 Å². The van der Waals surface area contributed by atoms with Crippen molar-refractivity contribution >= 4 is 35.7 Å². The third kappa shape index (κ3) is 5.00. The molecule has 0 fully saturated rings. The van der Waals surface area contributed by atoms with E-state index in [1.165, 1.54) is 0 Å². The van der Waals surface area contributed by atoms with Gasteiger partial charge in [-0.05, 0) is 30.3 Å². The lowest BCUT2D eigenvalue weighted by atomic mass is 10.1. The van der Waals surface area contributed by atoms with Gasteiger partial charge in [0.2, 0.25) is 5.11 Å². The second kappa shape index (κ2) is 8.16. The van der Waals surface area contributed by atoms with Crippen LogP contribution in [0.2, 0.25) is 0 Å². The first-order valence-corrected chi connectivity index (χ1v) is 6.85. The lowest BCUT2D eigenvalue weighted by Crippen LogP contribution is -2.40. The third-order valence-electron chi connectivity index (χ3n) is 2.50. The monoisotopic (exact) mass is 305 g/mol. The Labute approximate surface area is 130 Å². The summed E-state index contributed by atoms with van der Waals surface area (Å²) in [4.78, 5) is 13.5. The molecule has 1 rings (SSSR count). The quantitative estimate of drug-likeness (QED) is 0.487. The van der Waals surface area contributed by atoms with Gasteiger partial charge >= 0.3 is 6.09 Å². The van der Waals surface area contributed by atoms with Gasteiger partial charge in [0.1, 0.15) is 0 Å². The Hall–Kier alpha value is -2.21. The summed E-state index contributed by atoms with van der Waals surface area (Å²) in [5, 5.41) is 5.43. The first-order valence-electron chi connectivity index (χ1n) is 6.44.